The lowest BCUT2D eigenvalue weighted by atomic mass is 10.1. The minimum atomic E-state index is -0.390. The molecule has 7 heteroatoms. The molecule has 20 heavy (non-hydrogen) atoms. The number of carbonyl (C=O) groups excluding carboxylic acids is 2. The van der Waals surface area contributed by atoms with Crippen molar-refractivity contribution in [3.63, 3.8) is 0 Å². The standard InChI is InChI=1S/C13H21N3O3S/c1-8-10(11(18)19-5)20-12(15-8)14-7-6-9(17)16-13(2,3)4/h6-7H2,1-5H3,(H,14,15)(H,16,17). The van der Waals surface area contributed by atoms with Gasteiger partial charge in [0.2, 0.25) is 5.91 Å². The van der Waals surface area contributed by atoms with E-state index >= 15 is 0 Å². The van der Waals surface area contributed by atoms with Gasteiger partial charge in [-0.25, -0.2) is 9.78 Å². The molecule has 0 radical (unpaired) electrons. The Kier molecular flexibility index (Phi) is 5.50. The van der Waals surface area contributed by atoms with E-state index in [-0.39, 0.29) is 11.4 Å². The first-order chi connectivity index (χ1) is 9.23. The second kappa shape index (κ2) is 6.69. The molecule has 0 aliphatic carbocycles. The summed E-state index contributed by atoms with van der Waals surface area (Å²) in [7, 11) is 1.34. The first-order valence-electron chi connectivity index (χ1n) is 6.33. The van der Waals surface area contributed by atoms with E-state index in [1.165, 1.54) is 18.4 Å². The van der Waals surface area contributed by atoms with E-state index in [4.69, 9.17) is 0 Å². The van der Waals surface area contributed by atoms with E-state index in [0.29, 0.717) is 28.7 Å². The number of anilines is 1. The van der Waals surface area contributed by atoms with E-state index in [1.807, 2.05) is 20.8 Å². The van der Waals surface area contributed by atoms with Crippen LogP contribution in [-0.4, -0.2) is 36.1 Å². The molecule has 1 aromatic rings. The highest BCUT2D eigenvalue weighted by Crippen LogP contribution is 2.23. The van der Waals surface area contributed by atoms with Crippen molar-refractivity contribution in [3.05, 3.63) is 10.6 Å². The molecule has 1 rings (SSSR count). The second-order valence-electron chi connectivity index (χ2n) is 5.40. The first kappa shape index (κ1) is 16.4. The lowest BCUT2D eigenvalue weighted by Crippen LogP contribution is -2.41. The number of ether oxygens (including phenoxy) is 1. The number of aromatic nitrogens is 1. The van der Waals surface area contributed by atoms with Crippen LogP contribution >= 0.6 is 11.3 Å². The molecule has 0 atom stereocenters. The third-order valence-corrected chi connectivity index (χ3v) is 3.41. The maximum absolute atomic E-state index is 11.6. The Hall–Kier alpha value is -1.63. The SMILES string of the molecule is COC(=O)c1sc(NCCC(=O)NC(C)(C)C)nc1C. The fourth-order valence-electron chi connectivity index (χ4n) is 1.52. The Morgan fingerprint density at radius 2 is 2.00 bits per heavy atom. The highest BCUT2D eigenvalue weighted by molar-refractivity contribution is 7.17. The lowest BCUT2D eigenvalue weighted by Gasteiger charge is -2.20. The molecule has 0 aromatic carbocycles. The molecular weight excluding hydrogens is 278 g/mol. The number of hydrogen-bond acceptors (Lipinski definition) is 6. The van der Waals surface area contributed by atoms with Crippen molar-refractivity contribution < 1.29 is 14.3 Å². The summed E-state index contributed by atoms with van der Waals surface area (Å²) < 4.78 is 4.67. The summed E-state index contributed by atoms with van der Waals surface area (Å²) in [6, 6.07) is 0. The van der Waals surface area contributed by atoms with E-state index in [0.717, 1.165) is 0 Å². The number of aryl methyl sites for hydroxylation is 1. The van der Waals surface area contributed by atoms with Crippen LogP contribution < -0.4 is 10.6 Å². The number of amides is 1. The number of hydrogen-bond donors (Lipinski definition) is 2. The van der Waals surface area contributed by atoms with Crippen molar-refractivity contribution in [2.75, 3.05) is 19.0 Å². The molecule has 0 fully saturated rings. The number of esters is 1. The topological polar surface area (TPSA) is 80.3 Å². The van der Waals surface area contributed by atoms with Crippen LogP contribution in [0.4, 0.5) is 5.13 Å². The fraction of sp³-hybridized carbons (Fsp3) is 0.615. The van der Waals surface area contributed by atoms with E-state index in [1.54, 1.807) is 6.92 Å². The van der Waals surface area contributed by atoms with Crippen molar-refractivity contribution in [1.82, 2.24) is 10.3 Å². The Morgan fingerprint density at radius 1 is 1.35 bits per heavy atom. The average Bonchev–Trinajstić information content (AvgIpc) is 2.67. The van der Waals surface area contributed by atoms with E-state index in [2.05, 4.69) is 20.4 Å². The predicted molar refractivity (Wildman–Crippen MR) is 79.2 cm³/mol. The molecule has 0 bridgehead atoms. The lowest BCUT2D eigenvalue weighted by molar-refractivity contribution is -0.122. The normalized spacial score (nSPS) is 11.1. The first-order valence-corrected chi connectivity index (χ1v) is 7.15. The number of thiazole rings is 1. The van der Waals surface area contributed by atoms with Crippen molar-refractivity contribution in [1.29, 1.82) is 0 Å². The molecular formula is C13H21N3O3S. The van der Waals surface area contributed by atoms with Crippen LogP contribution in [0.25, 0.3) is 0 Å². The Morgan fingerprint density at radius 3 is 2.55 bits per heavy atom. The van der Waals surface area contributed by atoms with Gasteiger partial charge in [-0.05, 0) is 27.7 Å². The summed E-state index contributed by atoms with van der Waals surface area (Å²) in [4.78, 5) is 27.8. The summed E-state index contributed by atoms with van der Waals surface area (Å²) in [5, 5.41) is 6.54. The predicted octanol–water partition coefficient (Wildman–Crippen LogP) is 1.95. The van der Waals surface area contributed by atoms with Crippen LogP contribution in [0, 0.1) is 6.92 Å². The molecule has 2 N–H and O–H groups in total. The van der Waals surface area contributed by atoms with Gasteiger partial charge in [0.05, 0.1) is 12.8 Å². The molecule has 0 aliphatic heterocycles. The zero-order valence-electron chi connectivity index (χ0n) is 12.5. The number of nitrogens with one attached hydrogen (secondary N) is 2. The van der Waals surface area contributed by atoms with Gasteiger partial charge in [0.1, 0.15) is 4.88 Å². The van der Waals surface area contributed by atoms with Crippen molar-refractivity contribution >= 4 is 28.3 Å². The molecule has 1 aromatic heterocycles. The molecule has 0 saturated heterocycles. The summed E-state index contributed by atoms with van der Waals surface area (Å²) in [6.45, 7) is 8.02. The van der Waals surface area contributed by atoms with Gasteiger partial charge in [-0.1, -0.05) is 11.3 Å². The van der Waals surface area contributed by atoms with Crippen LogP contribution in [0.5, 0.6) is 0 Å². The molecule has 6 nitrogen and oxygen atoms in total. The largest absolute Gasteiger partial charge is 0.465 e. The molecule has 1 amide bonds. The maximum atomic E-state index is 11.6. The minimum Gasteiger partial charge on any atom is -0.465 e. The van der Waals surface area contributed by atoms with Gasteiger partial charge < -0.3 is 15.4 Å². The van der Waals surface area contributed by atoms with Crippen molar-refractivity contribution in [2.24, 2.45) is 0 Å². The molecule has 0 spiro atoms. The van der Waals surface area contributed by atoms with Crippen LogP contribution in [0.1, 0.15) is 42.6 Å². The third kappa shape index (κ3) is 5.16. The minimum absolute atomic E-state index is 0.0218. The van der Waals surface area contributed by atoms with Crippen LogP contribution in [0.3, 0.4) is 0 Å². The van der Waals surface area contributed by atoms with Gasteiger partial charge in [-0.2, -0.15) is 0 Å². The quantitative estimate of drug-likeness (QED) is 0.812. The number of carbonyl (C=O) groups is 2. The van der Waals surface area contributed by atoms with Crippen LogP contribution in [0.2, 0.25) is 0 Å². The number of nitrogens with zero attached hydrogens (tertiary/aromatic N) is 1. The second-order valence-corrected chi connectivity index (χ2v) is 6.40. The van der Waals surface area contributed by atoms with E-state index in [9.17, 15) is 9.59 Å². The van der Waals surface area contributed by atoms with Crippen molar-refractivity contribution in [2.45, 2.75) is 39.7 Å². The van der Waals surface area contributed by atoms with Gasteiger partial charge in [0.15, 0.2) is 5.13 Å². The molecule has 1 heterocycles. The third-order valence-electron chi connectivity index (χ3n) is 2.31. The fourth-order valence-corrected chi connectivity index (χ4v) is 2.43. The molecule has 112 valence electrons. The average molecular weight is 299 g/mol. The van der Waals surface area contributed by atoms with Gasteiger partial charge >= 0.3 is 5.97 Å². The van der Waals surface area contributed by atoms with Gasteiger partial charge in [-0.3, -0.25) is 4.79 Å². The Balaban J connectivity index is 2.47. The molecule has 0 unspecified atom stereocenters. The van der Waals surface area contributed by atoms with Gasteiger partial charge in [0, 0.05) is 18.5 Å². The van der Waals surface area contributed by atoms with Gasteiger partial charge in [-0.15, -0.1) is 0 Å². The monoisotopic (exact) mass is 299 g/mol. The number of methoxy groups -OCH3 is 1. The van der Waals surface area contributed by atoms with Crippen LogP contribution in [0.15, 0.2) is 0 Å². The zero-order chi connectivity index (χ0) is 15.3. The summed E-state index contributed by atoms with van der Waals surface area (Å²) >= 11 is 1.23. The Labute approximate surface area is 122 Å². The van der Waals surface area contributed by atoms with Crippen LogP contribution in [-0.2, 0) is 9.53 Å². The highest BCUT2D eigenvalue weighted by Gasteiger charge is 2.16. The van der Waals surface area contributed by atoms with E-state index < -0.39 is 5.97 Å². The smallest absolute Gasteiger partial charge is 0.350 e. The summed E-state index contributed by atoms with van der Waals surface area (Å²) in [6.07, 6.45) is 0.351. The zero-order valence-corrected chi connectivity index (χ0v) is 13.3. The molecule has 0 aliphatic rings. The summed E-state index contributed by atoms with van der Waals surface area (Å²) in [5.74, 6) is -0.412. The van der Waals surface area contributed by atoms with Crippen molar-refractivity contribution in [3.8, 4) is 0 Å². The van der Waals surface area contributed by atoms with Gasteiger partial charge in [0.25, 0.3) is 0 Å². The maximum Gasteiger partial charge on any atom is 0.350 e. The summed E-state index contributed by atoms with van der Waals surface area (Å²) in [5.41, 5.74) is 0.399. The Bertz CT molecular complexity index is 492. The molecule has 0 saturated carbocycles. The highest BCUT2D eigenvalue weighted by atomic mass is 32.1. The number of rotatable bonds is 5.